The van der Waals surface area contributed by atoms with E-state index in [1.54, 1.807) is 6.92 Å². The first-order valence-corrected chi connectivity index (χ1v) is 2.84. The summed E-state index contributed by atoms with van der Waals surface area (Å²) in [7, 11) is 0. The van der Waals surface area contributed by atoms with Crippen LogP contribution in [0.5, 0.6) is 0 Å². The van der Waals surface area contributed by atoms with Crippen LogP contribution < -0.4 is 5.32 Å². The number of thiol groups is 1. The van der Waals surface area contributed by atoms with E-state index in [9.17, 15) is 0 Å². The smallest absolute Gasteiger partial charge is 0.115 e. The number of hydrogen-bond acceptors (Lipinski definition) is 2. The van der Waals surface area contributed by atoms with Crippen LogP contribution in [-0.2, 0) is 0 Å². The molecule has 3 nitrogen and oxygen atoms in total. The van der Waals surface area contributed by atoms with Crippen LogP contribution in [0.3, 0.4) is 0 Å². The van der Waals surface area contributed by atoms with E-state index in [2.05, 4.69) is 34.7 Å². The molecule has 0 fully saturated rings. The van der Waals surface area contributed by atoms with Gasteiger partial charge in [-0.2, -0.15) is 0 Å². The van der Waals surface area contributed by atoms with E-state index in [0.717, 1.165) is 0 Å². The Labute approximate surface area is 60.0 Å². The van der Waals surface area contributed by atoms with Crippen LogP contribution in [0.15, 0.2) is 23.0 Å². The SMILES string of the molecule is C=CN/C=N/N=C(/C)S. The molecule has 50 valence electrons. The lowest BCUT2D eigenvalue weighted by Gasteiger charge is -1.82. The monoisotopic (exact) mass is 143 g/mol. The fourth-order valence-electron chi connectivity index (χ4n) is 0.198. The summed E-state index contributed by atoms with van der Waals surface area (Å²) >= 11 is 3.88. The van der Waals surface area contributed by atoms with Gasteiger partial charge in [0, 0.05) is 0 Å². The lowest BCUT2D eigenvalue weighted by Crippen LogP contribution is -1.97. The van der Waals surface area contributed by atoms with E-state index < -0.39 is 0 Å². The molecule has 1 N–H and O–H groups in total. The van der Waals surface area contributed by atoms with Crippen molar-refractivity contribution < 1.29 is 0 Å². The second-order valence-corrected chi connectivity index (χ2v) is 1.91. The van der Waals surface area contributed by atoms with Gasteiger partial charge >= 0.3 is 0 Å². The van der Waals surface area contributed by atoms with Gasteiger partial charge in [-0.05, 0) is 13.1 Å². The summed E-state index contributed by atoms with van der Waals surface area (Å²) in [5.74, 6) is 0. The molecule has 0 heterocycles. The molecule has 0 aromatic heterocycles. The first-order chi connectivity index (χ1) is 4.27. The van der Waals surface area contributed by atoms with Gasteiger partial charge in [0.15, 0.2) is 0 Å². The van der Waals surface area contributed by atoms with Crippen LogP contribution in [0.2, 0.25) is 0 Å². The molecular formula is C5H9N3S. The average molecular weight is 143 g/mol. The minimum absolute atomic E-state index is 0.622. The molecule has 0 aromatic carbocycles. The molecule has 0 bridgehead atoms. The number of hydrogen-bond donors (Lipinski definition) is 2. The molecule has 0 aliphatic heterocycles. The molecule has 0 atom stereocenters. The Morgan fingerprint density at radius 2 is 2.44 bits per heavy atom. The Morgan fingerprint density at radius 3 is 2.89 bits per heavy atom. The van der Waals surface area contributed by atoms with Gasteiger partial charge in [-0.15, -0.1) is 22.8 Å². The lowest BCUT2D eigenvalue weighted by atomic mass is 10.9. The molecule has 0 radical (unpaired) electrons. The van der Waals surface area contributed by atoms with Crippen molar-refractivity contribution in [2.45, 2.75) is 6.92 Å². The molecule has 0 saturated carbocycles. The molecule has 0 spiro atoms. The van der Waals surface area contributed by atoms with Crippen molar-refractivity contribution >= 4 is 24.0 Å². The summed E-state index contributed by atoms with van der Waals surface area (Å²) in [6.07, 6.45) is 2.93. The summed E-state index contributed by atoms with van der Waals surface area (Å²) in [6.45, 7) is 5.15. The molecule has 0 saturated heterocycles. The summed E-state index contributed by atoms with van der Waals surface area (Å²) in [5, 5.41) is 10.4. The highest BCUT2D eigenvalue weighted by atomic mass is 32.1. The largest absolute Gasteiger partial charge is 0.352 e. The second-order valence-electron chi connectivity index (χ2n) is 1.26. The van der Waals surface area contributed by atoms with Gasteiger partial charge in [0.2, 0.25) is 0 Å². The fraction of sp³-hybridized carbons (Fsp3) is 0.200. The Hall–Kier alpha value is -0.770. The standard InChI is InChI=1S/C5H9N3S/c1-3-6-4-7-8-5(2)9/h3-4H,1H2,2H3,(H,6,7)(H,8,9). The van der Waals surface area contributed by atoms with Crippen molar-refractivity contribution in [3.63, 3.8) is 0 Å². The molecule has 0 amide bonds. The van der Waals surface area contributed by atoms with Gasteiger partial charge in [0.1, 0.15) is 6.34 Å². The Balaban J connectivity index is 3.47. The van der Waals surface area contributed by atoms with Crippen LogP contribution in [0.4, 0.5) is 0 Å². The first-order valence-electron chi connectivity index (χ1n) is 2.39. The van der Waals surface area contributed by atoms with Gasteiger partial charge in [0.25, 0.3) is 0 Å². The van der Waals surface area contributed by atoms with Gasteiger partial charge in [-0.3, -0.25) is 0 Å². The van der Waals surface area contributed by atoms with Crippen molar-refractivity contribution in [3.05, 3.63) is 12.8 Å². The quantitative estimate of drug-likeness (QED) is 0.263. The van der Waals surface area contributed by atoms with Crippen LogP contribution in [-0.4, -0.2) is 11.4 Å². The molecule has 0 aliphatic rings. The molecule has 4 heteroatoms. The van der Waals surface area contributed by atoms with Gasteiger partial charge in [0.05, 0.1) is 5.04 Å². The summed E-state index contributed by atoms with van der Waals surface area (Å²) in [4.78, 5) is 0. The maximum absolute atomic E-state index is 3.88. The molecule has 0 aromatic rings. The Bertz CT molecular complexity index is 135. The highest BCUT2D eigenvalue weighted by Crippen LogP contribution is 1.80. The zero-order valence-corrected chi connectivity index (χ0v) is 6.10. The van der Waals surface area contributed by atoms with Crippen molar-refractivity contribution in [2.24, 2.45) is 10.2 Å². The van der Waals surface area contributed by atoms with E-state index in [4.69, 9.17) is 0 Å². The van der Waals surface area contributed by atoms with Crippen LogP contribution in [0.1, 0.15) is 6.92 Å². The zero-order valence-electron chi connectivity index (χ0n) is 5.20. The van der Waals surface area contributed by atoms with Crippen molar-refractivity contribution in [1.82, 2.24) is 5.32 Å². The molecule has 0 rings (SSSR count). The number of nitrogens with zero attached hydrogens (tertiary/aromatic N) is 2. The van der Waals surface area contributed by atoms with E-state index in [1.165, 1.54) is 12.5 Å². The van der Waals surface area contributed by atoms with Gasteiger partial charge < -0.3 is 5.32 Å². The minimum Gasteiger partial charge on any atom is -0.352 e. The Morgan fingerprint density at radius 1 is 1.78 bits per heavy atom. The van der Waals surface area contributed by atoms with Crippen LogP contribution in [0, 0.1) is 0 Å². The van der Waals surface area contributed by atoms with E-state index in [1.807, 2.05) is 0 Å². The van der Waals surface area contributed by atoms with Gasteiger partial charge in [-0.1, -0.05) is 6.58 Å². The Kier molecular flexibility index (Phi) is 4.91. The highest BCUT2D eigenvalue weighted by Gasteiger charge is 1.70. The van der Waals surface area contributed by atoms with Crippen molar-refractivity contribution in [2.75, 3.05) is 0 Å². The molecular weight excluding hydrogens is 134 g/mol. The summed E-state index contributed by atoms with van der Waals surface area (Å²) in [6, 6.07) is 0. The third-order valence-electron chi connectivity index (χ3n) is 0.453. The maximum atomic E-state index is 3.88. The van der Waals surface area contributed by atoms with E-state index >= 15 is 0 Å². The molecule has 0 aliphatic carbocycles. The number of nitrogens with one attached hydrogen (secondary N) is 1. The zero-order chi connectivity index (χ0) is 7.11. The normalized spacial score (nSPS) is 12.0. The van der Waals surface area contributed by atoms with E-state index in [-0.39, 0.29) is 0 Å². The maximum Gasteiger partial charge on any atom is 0.115 e. The predicted octanol–water partition coefficient (Wildman–Crippen LogP) is 1.01. The fourth-order valence-corrected chi connectivity index (χ4v) is 0.250. The minimum atomic E-state index is 0.622. The summed E-state index contributed by atoms with van der Waals surface area (Å²) < 4.78 is 0. The van der Waals surface area contributed by atoms with Crippen molar-refractivity contribution in [3.8, 4) is 0 Å². The van der Waals surface area contributed by atoms with Crippen LogP contribution in [0.25, 0.3) is 0 Å². The second kappa shape index (κ2) is 5.37. The summed E-state index contributed by atoms with van der Waals surface area (Å²) in [5.41, 5.74) is 0. The molecule has 0 unspecified atom stereocenters. The third-order valence-corrected chi connectivity index (χ3v) is 0.542. The van der Waals surface area contributed by atoms with E-state index in [0.29, 0.717) is 5.04 Å². The van der Waals surface area contributed by atoms with Gasteiger partial charge in [-0.25, -0.2) is 0 Å². The molecule has 9 heavy (non-hydrogen) atoms. The first kappa shape index (κ1) is 8.23. The highest BCUT2D eigenvalue weighted by molar-refractivity contribution is 7.96. The third kappa shape index (κ3) is 7.23. The van der Waals surface area contributed by atoms with Crippen molar-refractivity contribution in [1.29, 1.82) is 0 Å². The topological polar surface area (TPSA) is 36.8 Å². The van der Waals surface area contributed by atoms with Crippen LogP contribution >= 0.6 is 12.6 Å². The predicted molar refractivity (Wildman–Crippen MR) is 43.9 cm³/mol. The number of rotatable bonds is 3. The average Bonchev–Trinajstić information content (AvgIpc) is 1.80. The lowest BCUT2D eigenvalue weighted by molar-refractivity contribution is 1.20.